The Hall–Kier alpha value is -2.18. The average Bonchev–Trinajstić information content (AvgIpc) is 2.97. The van der Waals surface area contributed by atoms with Crippen molar-refractivity contribution < 1.29 is 4.79 Å². The third-order valence-corrected chi connectivity index (χ3v) is 4.28. The minimum absolute atomic E-state index is 0.0785. The summed E-state index contributed by atoms with van der Waals surface area (Å²) in [5.74, 6) is 0.906. The van der Waals surface area contributed by atoms with Crippen LogP contribution in [0.4, 0.5) is 0 Å². The molecule has 150 valence electrons. The van der Waals surface area contributed by atoms with E-state index in [4.69, 9.17) is 0 Å². The van der Waals surface area contributed by atoms with E-state index in [0.29, 0.717) is 35.8 Å². The summed E-state index contributed by atoms with van der Waals surface area (Å²) in [4.78, 5) is 31.8. The van der Waals surface area contributed by atoms with E-state index in [0.717, 1.165) is 13.1 Å². The molecule has 0 aliphatic carbocycles. The lowest BCUT2D eigenvalue weighted by molar-refractivity contribution is -0.132. The molecule has 0 fully saturated rings. The quantitative estimate of drug-likeness (QED) is 0.746. The SMILES string of the molecule is CC(C)CN(CC(C)C)C(=O)CCn1cnc2c(cnn2C(C)(C)C)c1=O. The Morgan fingerprint density at radius 2 is 1.74 bits per heavy atom. The van der Waals surface area contributed by atoms with Crippen LogP contribution in [0.2, 0.25) is 0 Å². The zero-order valence-corrected chi connectivity index (χ0v) is 17.7. The van der Waals surface area contributed by atoms with Gasteiger partial charge in [-0.25, -0.2) is 9.67 Å². The molecule has 0 aliphatic rings. The minimum atomic E-state index is -0.252. The normalized spacial score (nSPS) is 12.3. The predicted molar refractivity (Wildman–Crippen MR) is 108 cm³/mol. The first-order valence-corrected chi connectivity index (χ1v) is 9.72. The Morgan fingerprint density at radius 1 is 1.15 bits per heavy atom. The van der Waals surface area contributed by atoms with Crippen molar-refractivity contribution in [3.05, 3.63) is 22.9 Å². The van der Waals surface area contributed by atoms with E-state index in [1.54, 1.807) is 10.9 Å². The van der Waals surface area contributed by atoms with Crippen molar-refractivity contribution in [2.75, 3.05) is 13.1 Å². The van der Waals surface area contributed by atoms with Gasteiger partial charge in [0.25, 0.3) is 5.56 Å². The number of aromatic nitrogens is 4. The number of hydrogen-bond acceptors (Lipinski definition) is 4. The zero-order chi connectivity index (χ0) is 20.4. The van der Waals surface area contributed by atoms with Crippen LogP contribution in [0.1, 0.15) is 54.9 Å². The second-order valence-electron chi connectivity index (χ2n) is 9.04. The summed E-state index contributed by atoms with van der Waals surface area (Å²) in [5.41, 5.74) is 0.177. The Bertz CT molecular complexity index is 832. The van der Waals surface area contributed by atoms with Crippen LogP contribution in [-0.2, 0) is 16.9 Å². The average molecular weight is 376 g/mol. The first-order chi connectivity index (χ1) is 12.5. The van der Waals surface area contributed by atoms with Gasteiger partial charge < -0.3 is 4.90 Å². The molecule has 1 amide bonds. The van der Waals surface area contributed by atoms with Crippen LogP contribution < -0.4 is 5.56 Å². The molecule has 0 aromatic carbocycles. The van der Waals surface area contributed by atoms with Crippen LogP contribution in [0.15, 0.2) is 17.3 Å². The lowest BCUT2D eigenvalue weighted by Crippen LogP contribution is -2.38. The number of rotatable bonds is 7. The zero-order valence-electron chi connectivity index (χ0n) is 17.7. The van der Waals surface area contributed by atoms with Crippen molar-refractivity contribution in [2.45, 2.75) is 67.0 Å². The Labute approximate surface area is 161 Å². The van der Waals surface area contributed by atoms with Crippen LogP contribution in [0, 0.1) is 11.8 Å². The summed E-state index contributed by atoms with van der Waals surface area (Å²) < 4.78 is 3.27. The number of fused-ring (bicyclic) bond motifs is 1. The molecule has 2 aromatic heterocycles. The maximum Gasteiger partial charge on any atom is 0.264 e. The van der Waals surface area contributed by atoms with Gasteiger partial charge in [-0.2, -0.15) is 5.10 Å². The lowest BCUT2D eigenvalue weighted by Gasteiger charge is -2.26. The van der Waals surface area contributed by atoms with Crippen molar-refractivity contribution in [3.63, 3.8) is 0 Å². The van der Waals surface area contributed by atoms with Crippen LogP contribution in [-0.4, -0.2) is 43.2 Å². The standard InChI is InChI=1S/C20H33N5O2/c1-14(2)11-24(12-15(3)4)17(26)8-9-23-13-21-18-16(19(23)27)10-22-25(18)20(5,6)7/h10,13-15H,8-9,11-12H2,1-7H3. The Balaban J connectivity index is 2.17. The molecule has 2 heterocycles. The summed E-state index contributed by atoms with van der Waals surface area (Å²) >= 11 is 0. The van der Waals surface area contributed by atoms with Gasteiger partial charge in [-0.05, 0) is 32.6 Å². The molecule has 2 aromatic rings. The summed E-state index contributed by atoms with van der Waals surface area (Å²) in [6.07, 6.45) is 3.38. The van der Waals surface area contributed by atoms with Gasteiger partial charge in [-0.3, -0.25) is 14.2 Å². The van der Waals surface area contributed by atoms with Gasteiger partial charge in [-0.1, -0.05) is 27.7 Å². The molecule has 0 saturated heterocycles. The van der Waals surface area contributed by atoms with E-state index in [1.165, 1.54) is 10.9 Å². The second-order valence-corrected chi connectivity index (χ2v) is 9.04. The van der Waals surface area contributed by atoms with Crippen LogP contribution in [0.25, 0.3) is 11.0 Å². The number of aryl methyl sites for hydroxylation is 1. The highest BCUT2D eigenvalue weighted by Gasteiger charge is 2.20. The largest absolute Gasteiger partial charge is 0.342 e. The van der Waals surface area contributed by atoms with Gasteiger partial charge in [-0.15, -0.1) is 0 Å². The molecule has 0 atom stereocenters. The number of amides is 1. The van der Waals surface area contributed by atoms with Crippen molar-refractivity contribution >= 4 is 16.9 Å². The van der Waals surface area contributed by atoms with Crippen molar-refractivity contribution in [1.29, 1.82) is 0 Å². The van der Waals surface area contributed by atoms with Crippen molar-refractivity contribution in [1.82, 2.24) is 24.2 Å². The third kappa shape index (κ3) is 5.17. The molecule has 0 bridgehead atoms. The Morgan fingerprint density at radius 3 is 2.26 bits per heavy atom. The smallest absolute Gasteiger partial charge is 0.264 e. The van der Waals surface area contributed by atoms with Crippen LogP contribution >= 0.6 is 0 Å². The lowest BCUT2D eigenvalue weighted by atomic mass is 10.1. The summed E-state index contributed by atoms with van der Waals surface area (Å²) in [6.45, 7) is 16.3. The molecular weight excluding hydrogens is 342 g/mol. The molecule has 7 nitrogen and oxygen atoms in total. The van der Waals surface area contributed by atoms with Crippen LogP contribution in [0.3, 0.4) is 0 Å². The second kappa shape index (κ2) is 8.23. The van der Waals surface area contributed by atoms with E-state index in [1.807, 2.05) is 25.7 Å². The minimum Gasteiger partial charge on any atom is -0.342 e. The number of carbonyl (C=O) groups excluding carboxylic acids is 1. The van der Waals surface area contributed by atoms with Gasteiger partial charge in [0, 0.05) is 26.1 Å². The predicted octanol–water partition coefficient (Wildman–Crippen LogP) is 2.88. The summed E-state index contributed by atoms with van der Waals surface area (Å²) in [6, 6.07) is 0. The maximum atomic E-state index is 12.8. The summed E-state index contributed by atoms with van der Waals surface area (Å²) in [5, 5.41) is 4.81. The summed E-state index contributed by atoms with van der Waals surface area (Å²) in [7, 11) is 0. The van der Waals surface area contributed by atoms with E-state index < -0.39 is 0 Å². The molecule has 0 aliphatic heterocycles. The third-order valence-electron chi connectivity index (χ3n) is 4.28. The van der Waals surface area contributed by atoms with Gasteiger partial charge in [0.1, 0.15) is 5.39 Å². The molecule has 7 heteroatoms. The first kappa shape index (κ1) is 21.1. The molecule has 0 radical (unpaired) electrons. The number of carbonyl (C=O) groups is 1. The fourth-order valence-corrected chi connectivity index (χ4v) is 3.13. The number of nitrogens with zero attached hydrogens (tertiary/aromatic N) is 5. The van der Waals surface area contributed by atoms with Crippen molar-refractivity contribution in [2.24, 2.45) is 11.8 Å². The molecule has 0 unspecified atom stereocenters. The highest BCUT2D eigenvalue weighted by Crippen LogP contribution is 2.17. The van der Waals surface area contributed by atoms with Gasteiger partial charge in [0.05, 0.1) is 18.1 Å². The molecule has 0 N–H and O–H groups in total. The van der Waals surface area contributed by atoms with E-state index in [-0.39, 0.29) is 17.0 Å². The Kier molecular flexibility index (Phi) is 6.44. The molecule has 27 heavy (non-hydrogen) atoms. The van der Waals surface area contributed by atoms with E-state index in [9.17, 15) is 9.59 Å². The first-order valence-electron chi connectivity index (χ1n) is 9.72. The fourth-order valence-electron chi connectivity index (χ4n) is 3.13. The van der Waals surface area contributed by atoms with Crippen molar-refractivity contribution in [3.8, 4) is 0 Å². The highest BCUT2D eigenvalue weighted by atomic mass is 16.2. The topological polar surface area (TPSA) is 73.0 Å². The van der Waals surface area contributed by atoms with E-state index >= 15 is 0 Å². The van der Waals surface area contributed by atoms with Gasteiger partial charge in [0.2, 0.25) is 5.91 Å². The molecule has 2 rings (SSSR count). The molecule has 0 saturated carbocycles. The maximum absolute atomic E-state index is 12.8. The van der Waals surface area contributed by atoms with Crippen LogP contribution in [0.5, 0.6) is 0 Å². The monoisotopic (exact) mass is 375 g/mol. The molecule has 0 spiro atoms. The van der Waals surface area contributed by atoms with E-state index in [2.05, 4.69) is 37.8 Å². The fraction of sp³-hybridized carbons (Fsp3) is 0.700. The highest BCUT2D eigenvalue weighted by molar-refractivity contribution is 5.76. The number of hydrogen-bond donors (Lipinski definition) is 0. The molecular formula is C20H33N5O2. The van der Waals surface area contributed by atoms with Gasteiger partial charge in [0.15, 0.2) is 5.65 Å². The van der Waals surface area contributed by atoms with Gasteiger partial charge >= 0.3 is 0 Å².